The number of benzene rings is 1. The molecule has 0 bridgehead atoms. The predicted octanol–water partition coefficient (Wildman–Crippen LogP) is 2.48. The Morgan fingerprint density at radius 2 is 2.33 bits per heavy atom. The van der Waals surface area contributed by atoms with E-state index in [1.807, 2.05) is 0 Å². The Hall–Kier alpha value is -1.84. The standard InChI is InChI=1S/C11H11FO3/c1-2-3-6-15-10-7-8(12)4-5-9(10)11(13)14/h2,4-5,7H,1,3,6H2,(H,13,14). The van der Waals surface area contributed by atoms with Gasteiger partial charge in [0.25, 0.3) is 0 Å². The molecule has 3 nitrogen and oxygen atoms in total. The van der Waals surface area contributed by atoms with Gasteiger partial charge < -0.3 is 9.84 Å². The highest BCUT2D eigenvalue weighted by atomic mass is 19.1. The summed E-state index contributed by atoms with van der Waals surface area (Å²) >= 11 is 0. The number of halogens is 1. The quantitative estimate of drug-likeness (QED) is 0.599. The van der Waals surface area contributed by atoms with Gasteiger partial charge in [-0.15, -0.1) is 6.58 Å². The zero-order valence-electron chi connectivity index (χ0n) is 8.07. The summed E-state index contributed by atoms with van der Waals surface area (Å²) in [4.78, 5) is 10.7. The van der Waals surface area contributed by atoms with Crippen molar-refractivity contribution in [2.24, 2.45) is 0 Å². The molecule has 0 atom stereocenters. The summed E-state index contributed by atoms with van der Waals surface area (Å²) in [5, 5.41) is 8.79. The molecule has 0 amide bonds. The molecule has 15 heavy (non-hydrogen) atoms. The van der Waals surface area contributed by atoms with Gasteiger partial charge in [0.15, 0.2) is 0 Å². The van der Waals surface area contributed by atoms with Crippen molar-refractivity contribution in [3.05, 3.63) is 42.2 Å². The Kier molecular flexibility index (Phi) is 3.85. The lowest BCUT2D eigenvalue weighted by Crippen LogP contribution is -2.04. The van der Waals surface area contributed by atoms with Crippen molar-refractivity contribution in [3.63, 3.8) is 0 Å². The van der Waals surface area contributed by atoms with E-state index in [0.29, 0.717) is 6.42 Å². The lowest BCUT2D eigenvalue weighted by molar-refractivity contribution is 0.0692. The van der Waals surface area contributed by atoms with Gasteiger partial charge in [0, 0.05) is 6.07 Å². The van der Waals surface area contributed by atoms with Gasteiger partial charge in [0.2, 0.25) is 0 Å². The zero-order valence-corrected chi connectivity index (χ0v) is 8.07. The molecule has 80 valence electrons. The first-order chi connectivity index (χ1) is 7.15. The van der Waals surface area contributed by atoms with Crippen LogP contribution < -0.4 is 4.74 Å². The van der Waals surface area contributed by atoms with Crippen molar-refractivity contribution in [1.82, 2.24) is 0 Å². The number of carboxylic acid groups (broad SMARTS) is 1. The zero-order chi connectivity index (χ0) is 11.3. The summed E-state index contributed by atoms with van der Waals surface area (Å²) in [6.07, 6.45) is 2.22. The SMILES string of the molecule is C=CCCOc1cc(F)ccc1C(=O)O. The van der Waals surface area contributed by atoms with Crippen molar-refractivity contribution in [2.75, 3.05) is 6.61 Å². The third-order valence-corrected chi connectivity index (χ3v) is 1.75. The maximum atomic E-state index is 12.8. The molecule has 1 rings (SSSR count). The second kappa shape index (κ2) is 5.14. The molecule has 0 aromatic heterocycles. The van der Waals surface area contributed by atoms with Gasteiger partial charge in [-0.05, 0) is 18.6 Å². The van der Waals surface area contributed by atoms with Crippen molar-refractivity contribution >= 4 is 5.97 Å². The van der Waals surface area contributed by atoms with Gasteiger partial charge in [-0.25, -0.2) is 9.18 Å². The maximum absolute atomic E-state index is 12.8. The molecule has 0 saturated carbocycles. The second-order valence-electron chi connectivity index (χ2n) is 2.87. The van der Waals surface area contributed by atoms with Gasteiger partial charge >= 0.3 is 5.97 Å². The number of aromatic carboxylic acids is 1. The van der Waals surface area contributed by atoms with E-state index in [0.717, 1.165) is 12.1 Å². The number of rotatable bonds is 5. The molecular formula is C11H11FO3. The predicted molar refractivity (Wildman–Crippen MR) is 53.7 cm³/mol. The van der Waals surface area contributed by atoms with Crippen molar-refractivity contribution in [2.45, 2.75) is 6.42 Å². The molecule has 0 fully saturated rings. The molecule has 0 radical (unpaired) electrons. The first-order valence-corrected chi connectivity index (χ1v) is 4.41. The first-order valence-electron chi connectivity index (χ1n) is 4.41. The number of carbonyl (C=O) groups is 1. The normalized spacial score (nSPS) is 9.67. The largest absolute Gasteiger partial charge is 0.492 e. The summed E-state index contributed by atoms with van der Waals surface area (Å²) < 4.78 is 18.0. The maximum Gasteiger partial charge on any atom is 0.339 e. The number of hydrogen-bond acceptors (Lipinski definition) is 2. The molecule has 0 heterocycles. The van der Waals surface area contributed by atoms with E-state index < -0.39 is 11.8 Å². The summed E-state index contributed by atoms with van der Waals surface area (Å²) in [7, 11) is 0. The molecule has 0 aliphatic rings. The van der Waals surface area contributed by atoms with Crippen LogP contribution in [-0.4, -0.2) is 17.7 Å². The lowest BCUT2D eigenvalue weighted by atomic mass is 10.2. The first kappa shape index (κ1) is 11.2. The van der Waals surface area contributed by atoms with Crippen LogP contribution in [0.2, 0.25) is 0 Å². The van der Waals surface area contributed by atoms with E-state index in [1.54, 1.807) is 6.08 Å². The van der Waals surface area contributed by atoms with Crippen LogP contribution in [0, 0.1) is 5.82 Å². The van der Waals surface area contributed by atoms with Crippen molar-refractivity contribution in [1.29, 1.82) is 0 Å². The van der Waals surface area contributed by atoms with Gasteiger partial charge in [-0.2, -0.15) is 0 Å². The summed E-state index contributed by atoms with van der Waals surface area (Å²) in [5.74, 6) is -1.61. The van der Waals surface area contributed by atoms with E-state index in [4.69, 9.17) is 9.84 Å². The van der Waals surface area contributed by atoms with Gasteiger partial charge in [-0.1, -0.05) is 6.08 Å². The average Bonchev–Trinajstić information content (AvgIpc) is 2.18. The fourth-order valence-electron chi connectivity index (χ4n) is 1.04. The van der Waals surface area contributed by atoms with Crippen LogP contribution >= 0.6 is 0 Å². The molecule has 0 spiro atoms. The highest BCUT2D eigenvalue weighted by molar-refractivity contribution is 5.90. The summed E-state index contributed by atoms with van der Waals surface area (Å²) in [6, 6.07) is 3.33. The second-order valence-corrected chi connectivity index (χ2v) is 2.87. The van der Waals surface area contributed by atoms with Gasteiger partial charge in [0.1, 0.15) is 17.1 Å². The van der Waals surface area contributed by atoms with E-state index >= 15 is 0 Å². The van der Waals surface area contributed by atoms with Crippen molar-refractivity contribution in [3.8, 4) is 5.75 Å². The highest BCUT2D eigenvalue weighted by Crippen LogP contribution is 2.20. The number of carboxylic acids is 1. The molecule has 0 saturated heterocycles. The monoisotopic (exact) mass is 210 g/mol. The van der Waals surface area contributed by atoms with Crippen molar-refractivity contribution < 1.29 is 19.0 Å². The van der Waals surface area contributed by atoms with E-state index in [2.05, 4.69) is 6.58 Å². The minimum absolute atomic E-state index is 0.0412. The Morgan fingerprint density at radius 3 is 2.93 bits per heavy atom. The molecule has 4 heteroatoms. The van der Waals surface area contributed by atoms with E-state index in [1.165, 1.54) is 6.07 Å². The Morgan fingerprint density at radius 1 is 1.60 bits per heavy atom. The minimum atomic E-state index is -1.14. The summed E-state index contributed by atoms with van der Waals surface area (Å²) in [5.41, 5.74) is -0.0412. The topological polar surface area (TPSA) is 46.5 Å². The number of hydrogen-bond donors (Lipinski definition) is 1. The van der Waals surface area contributed by atoms with Crippen LogP contribution in [0.15, 0.2) is 30.9 Å². The Balaban J connectivity index is 2.86. The van der Waals surface area contributed by atoms with Crippen LogP contribution in [0.25, 0.3) is 0 Å². The Bertz CT molecular complexity index is 374. The average molecular weight is 210 g/mol. The lowest BCUT2D eigenvalue weighted by Gasteiger charge is -2.07. The molecule has 1 aromatic carbocycles. The third kappa shape index (κ3) is 3.09. The van der Waals surface area contributed by atoms with Gasteiger partial charge in [0.05, 0.1) is 6.61 Å². The molecule has 1 aromatic rings. The summed E-state index contributed by atoms with van der Waals surface area (Å²) in [6.45, 7) is 3.78. The number of ether oxygens (including phenoxy) is 1. The fraction of sp³-hybridized carbons (Fsp3) is 0.182. The smallest absolute Gasteiger partial charge is 0.339 e. The Labute approximate surface area is 86.8 Å². The van der Waals surface area contributed by atoms with Crippen LogP contribution in [0.1, 0.15) is 16.8 Å². The highest BCUT2D eigenvalue weighted by Gasteiger charge is 2.11. The van der Waals surface area contributed by atoms with E-state index in [9.17, 15) is 9.18 Å². The van der Waals surface area contributed by atoms with E-state index in [-0.39, 0.29) is 17.9 Å². The molecule has 1 N–H and O–H groups in total. The van der Waals surface area contributed by atoms with Crippen LogP contribution in [0.4, 0.5) is 4.39 Å². The third-order valence-electron chi connectivity index (χ3n) is 1.75. The molecular weight excluding hydrogens is 199 g/mol. The van der Waals surface area contributed by atoms with Crippen LogP contribution in [-0.2, 0) is 0 Å². The fourth-order valence-corrected chi connectivity index (χ4v) is 1.04. The molecule has 0 aliphatic heterocycles. The molecule has 0 aliphatic carbocycles. The molecule has 0 unspecified atom stereocenters. The van der Waals surface area contributed by atoms with Gasteiger partial charge in [-0.3, -0.25) is 0 Å². The minimum Gasteiger partial charge on any atom is -0.492 e. The van der Waals surface area contributed by atoms with Crippen LogP contribution in [0.3, 0.4) is 0 Å². The van der Waals surface area contributed by atoms with Crippen LogP contribution in [0.5, 0.6) is 5.75 Å².